The molecule has 0 saturated heterocycles. The minimum absolute atomic E-state index is 0.931. The van der Waals surface area contributed by atoms with E-state index in [9.17, 15) is 0 Å². The summed E-state index contributed by atoms with van der Waals surface area (Å²) in [5, 5.41) is 12.2. The first-order chi connectivity index (χ1) is 10.9. The fraction of sp³-hybridized carbons (Fsp3) is 0.556. The molecule has 0 aliphatic heterocycles. The minimum Gasteiger partial charge on any atom is -0.411 e. The molecule has 5 heteroatoms. The summed E-state index contributed by atoms with van der Waals surface area (Å²) in [7, 11) is 8.74. The van der Waals surface area contributed by atoms with Gasteiger partial charge in [-0.1, -0.05) is 17.3 Å². The molecule has 2 rings (SSSR count). The van der Waals surface area contributed by atoms with Crippen molar-refractivity contribution in [3.63, 3.8) is 0 Å². The van der Waals surface area contributed by atoms with E-state index in [2.05, 4.69) is 53.6 Å². The monoisotopic (exact) mass is 318 g/mol. The molecular formula is C18H30N4O+2. The highest BCUT2D eigenvalue weighted by Gasteiger charge is 2.20. The molecule has 2 aromatic rings. The molecular weight excluding hydrogens is 288 g/mol. The highest BCUT2D eigenvalue weighted by Crippen LogP contribution is 2.15. The van der Waals surface area contributed by atoms with Crippen LogP contribution in [0.25, 0.3) is 11.0 Å². The Morgan fingerprint density at radius 2 is 1.83 bits per heavy atom. The molecule has 0 radical (unpaired) electrons. The molecule has 1 N–H and O–H groups in total. The third-order valence-electron chi connectivity index (χ3n) is 4.29. The van der Waals surface area contributed by atoms with Crippen LogP contribution in [-0.2, 0) is 13.6 Å². The lowest BCUT2D eigenvalue weighted by Gasteiger charge is -2.23. The van der Waals surface area contributed by atoms with E-state index < -0.39 is 0 Å². The van der Waals surface area contributed by atoms with Gasteiger partial charge in [0.1, 0.15) is 0 Å². The van der Waals surface area contributed by atoms with Crippen LogP contribution in [0.1, 0.15) is 31.5 Å². The zero-order valence-electron chi connectivity index (χ0n) is 14.9. The number of nitrogens with zero attached hydrogens (tertiary/aromatic N) is 4. The number of aryl methyl sites for hydroxylation is 2. The first kappa shape index (κ1) is 17.5. The molecule has 1 aromatic carbocycles. The number of fused-ring (bicyclic) bond motifs is 1. The molecule has 0 amide bonds. The Morgan fingerprint density at radius 3 is 2.52 bits per heavy atom. The molecule has 0 unspecified atom stereocenters. The lowest BCUT2D eigenvalue weighted by Crippen LogP contribution is -2.35. The number of hydrogen-bond donors (Lipinski definition) is 1. The molecule has 5 nitrogen and oxygen atoms in total. The van der Waals surface area contributed by atoms with Crippen LogP contribution in [0.2, 0.25) is 0 Å². The Morgan fingerprint density at radius 1 is 1.13 bits per heavy atom. The first-order valence-corrected chi connectivity index (χ1v) is 8.39. The van der Waals surface area contributed by atoms with E-state index in [1.807, 2.05) is 13.1 Å². The Bertz CT molecular complexity index is 667. The topological polar surface area (TPSA) is 41.4 Å². The van der Waals surface area contributed by atoms with Gasteiger partial charge in [-0.3, -0.25) is 0 Å². The molecule has 1 heterocycles. The zero-order chi connectivity index (χ0) is 16.9. The van der Waals surface area contributed by atoms with Crippen LogP contribution in [0, 0.1) is 0 Å². The second kappa shape index (κ2) is 7.59. The molecule has 0 bridgehead atoms. The van der Waals surface area contributed by atoms with E-state index in [4.69, 9.17) is 5.21 Å². The number of unbranched alkanes of at least 4 members (excludes halogenated alkanes) is 3. The van der Waals surface area contributed by atoms with Gasteiger partial charge in [-0.15, -0.1) is 0 Å². The quantitative estimate of drug-likeness (QED) is 0.199. The van der Waals surface area contributed by atoms with Crippen molar-refractivity contribution in [2.24, 2.45) is 12.2 Å². The number of benzene rings is 1. The van der Waals surface area contributed by atoms with Gasteiger partial charge in [-0.2, -0.15) is 0 Å². The van der Waals surface area contributed by atoms with Crippen molar-refractivity contribution in [1.82, 2.24) is 4.57 Å². The lowest BCUT2D eigenvalue weighted by atomic mass is 10.2. The van der Waals surface area contributed by atoms with E-state index in [0.717, 1.165) is 28.8 Å². The smallest absolute Gasteiger partial charge is 0.304 e. The Hall–Kier alpha value is -1.88. The molecule has 0 atom stereocenters. The first-order valence-electron chi connectivity index (χ1n) is 8.39. The van der Waals surface area contributed by atoms with Crippen LogP contribution >= 0.6 is 0 Å². The third kappa shape index (κ3) is 4.55. The number of aromatic nitrogens is 2. The summed E-state index contributed by atoms with van der Waals surface area (Å²) >= 11 is 0. The number of imidazole rings is 1. The number of para-hydroxylation sites is 2. The van der Waals surface area contributed by atoms with Crippen molar-refractivity contribution in [2.75, 3.05) is 27.7 Å². The van der Waals surface area contributed by atoms with Gasteiger partial charge in [-0.25, -0.2) is 9.13 Å². The van der Waals surface area contributed by atoms with Crippen molar-refractivity contribution >= 4 is 17.2 Å². The van der Waals surface area contributed by atoms with Crippen LogP contribution < -0.4 is 4.57 Å². The van der Waals surface area contributed by atoms with Gasteiger partial charge in [0.05, 0.1) is 41.3 Å². The number of hydrogen-bond acceptors (Lipinski definition) is 2. The summed E-state index contributed by atoms with van der Waals surface area (Å²) in [4.78, 5) is 0. The van der Waals surface area contributed by atoms with Crippen LogP contribution in [0.5, 0.6) is 0 Å². The number of quaternary nitrogens is 1. The van der Waals surface area contributed by atoms with Crippen molar-refractivity contribution in [1.29, 1.82) is 0 Å². The van der Waals surface area contributed by atoms with Gasteiger partial charge in [0.25, 0.3) is 0 Å². The van der Waals surface area contributed by atoms with Crippen molar-refractivity contribution in [3.8, 4) is 0 Å². The Labute approximate surface area is 139 Å². The fourth-order valence-electron chi connectivity index (χ4n) is 3.06. The normalized spacial score (nSPS) is 12.5. The van der Waals surface area contributed by atoms with Gasteiger partial charge < -0.3 is 9.69 Å². The highest BCUT2D eigenvalue weighted by atomic mass is 16.4. The van der Waals surface area contributed by atoms with Crippen molar-refractivity contribution in [3.05, 3.63) is 30.1 Å². The molecule has 126 valence electrons. The van der Waals surface area contributed by atoms with Gasteiger partial charge >= 0.3 is 5.82 Å². The molecule has 0 spiro atoms. The molecule has 23 heavy (non-hydrogen) atoms. The van der Waals surface area contributed by atoms with Crippen LogP contribution in [-0.4, -0.2) is 48.2 Å². The number of rotatable bonds is 8. The maximum atomic E-state index is 8.95. The standard InChI is InChI=1S/C18H29N4O/c1-20-16-11-7-8-12-17(16)21(18(20)15-19-23)13-9-5-6-10-14-22(2,3)4/h7-8,11-12,15H,5-6,9-10,13-14H2,1-4H3/q+1/p+1. The average molecular weight is 318 g/mol. The SMILES string of the molecule is C[n+]1c(/C=N/O)n(CCCCCC[N+](C)(C)C)c2ccccc21. The summed E-state index contributed by atoms with van der Waals surface area (Å²) in [6.45, 7) is 2.18. The van der Waals surface area contributed by atoms with E-state index in [1.165, 1.54) is 37.5 Å². The number of oxime groups is 1. The van der Waals surface area contributed by atoms with Gasteiger partial charge in [0.15, 0.2) is 17.2 Å². The van der Waals surface area contributed by atoms with E-state index in [0.29, 0.717) is 0 Å². The van der Waals surface area contributed by atoms with Crippen LogP contribution in [0.4, 0.5) is 0 Å². The molecule has 0 aliphatic rings. The van der Waals surface area contributed by atoms with Crippen LogP contribution in [0.15, 0.2) is 29.4 Å². The molecule has 0 saturated carbocycles. The summed E-state index contributed by atoms with van der Waals surface area (Å²) in [6, 6.07) is 8.32. The largest absolute Gasteiger partial charge is 0.411 e. The van der Waals surface area contributed by atoms with Gasteiger partial charge in [0, 0.05) is 0 Å². The van der Waals surface area contributed by atoms with Gasteiger partial charge in [-0.05, 0) is 37.8 Å². The Balaban J connectivity index is 2.01. The maximum Gasteiger partial charge on any atom is 0.304 e. The van der Waals surface area contributed by atoms with E-state index >= 15 is 0 Å². The fourth-order valence-corrected chi connectivity index (χ4v) is 3.06. The average Bonchev–Trinajstić information content (AvgIpc) is 2.76. The summed E-state index contributed by atoms with van der Waals surface area (Å²) in [5.74, 6) is 0.931. The minimum atomic E-state index is 0.931. The zero-order valence-corrected chi connectivity index (χ0v) is 14.9. The summed E-state index contributed by atoms with van der Waals surface area (Å²) in [6.07, 6.45) is 6.43. The van der Waals surface area contributed by atoms with Crippen LogP contribution in [0.3, 0.4) is 0 Å². The van der Waals surface area contributed by atoms with Crippen molar-refractivity contribution < 1.29 is 14.3 Å². The maximum absolute atomic E-state index is 8.95. The molecule has 0 fully saturated rings. The molecule has 1 aromatic heterocycles. The van der Waals surface area contributed by atoms with Gasteiger partial charge in [0.2, 0.25) is 0 Å². The third-order valence-corrected chi connectivity index (χ3v) is 4.29. The second-order valence-electron chi connectivity index (χ2n) is 7.23. The van der Waals surface area contributed by atoms with E-state index in [1.54, 1.807) is 0 Å². The Kier molecular flexibility index (Phi) is 5.77. The predicted molar refractivity (Wildman–Crippen MR) is 93.9 cm³/mol. The van der Waals surface area contributed by atoms with E-state index in [-0.39, 0.29) is 0 Å². The highest BCUT2D eigenvalue weighted by molar-refractivity contribution is 5.80. The summed E-state index contributed by atoms with van der Waals surface area (Å²) in [5.41, 5.74) is 2.35. The second-order valence-corrected chi connectivity index (χ2v) is 7.23. The van der Waals surface area contributed by atoms with Crippen molar-refractivity contribution in [2.45, 2.75) is 32.2 Å². The lowest BCUT2D eigenvalue weighted by molar-refractivity contribution is -0.870. The summed E-state index contributed by atoms with van der Waals surface area (Å²) < 4.78 is 5.36. The predicted octanol–water partition coefficient (Wildman–Crippen LogP) is 2.54. The molecule has 0 aliphatic carbocycles.